The lowest BCUT2D eigenvalue weighted by atomic mass is 10.1. The van der Waals surface area contributed by atoms with Crippen LogP contribution in [0.1, 0.15) is 0 Å². The molecule has 0 atom stereocenters. The summed E-state index contributed by atoms with van der Waals surface area (Å²) in [7, 11) is 1.59. The molecule has 28 heavy (non-hydrogen) atoms. The van der Waals surface area contributed by atoms with E-state index in [-0.39, 0.29) is 6.03 Å². The molecule has 0 aliphatic rings. The Hall–Kier alpha value is -3.44. The van der Waals surface area contributed by atoms with Crippen LogP contribution in [0.3, 0.4) is 0 Å². The molecule has 0 saturated heterocycles. The van der Waals surface area contributed by atoms with Gasteiger partial charge in [0.25, 0.3) is 0 Å². The van der Waals surface area contributed by atoms with Crippen LogP contribution in [-0.2, 0) is 0 Å². The minimum Gasteiger partial charge on any atom is -0.497 e. The van der Waals surface area contributed by atoms with Crippen molar-refractivity contribution in [2.24, 2.45) is 0 Å². The zero-order chi connectivity index (χ0) is 19.5. The van der Waals surface area contributed by atoms with E-state index in [9.17, 15) is 4.79 Å². The van der Waals surface area contributed by atoms with E-state index in [0.717, 1.165) is 22.2 Å². The van der Waals surface area contributed by atoms with Gasteiger partial charge in [-0.1, -0.05) is 29.8 Å². The lowest BCUT2D eigenvalue weighted by molar-refractivity contribution is 0.262. The van der Waals surface area contributed by atoms with E-state index in [1.54, 1.807) is 19.2 Å². The van der Waals surface area contributed by atoms with E-state index in [1.807, 2.05) is 54.6 Å². The first-order valence-electron chi connectivity index (χ1n) is 8.71. The van der Waals surface area contributed by atoms with Crippen LogP contribution >= 0.6 is 11.6 Å². The van der Waals surface area contributed by atoms with Crippen LogP contribution in [0, 0.1) is 0 Å². The lowest BCUT2D eigenvalue weighted by Gasteiger charge is -2.09. The van der Waals surface area contributed by atoms with Gasteiger partial charge in [-0.25, -0.2) is 4.79 Å². The van der Waals surface area contributed by atoms with Crippen LogP contribution in [0.5, 0.6) is 5.75 Å². The molecule has 3 N–H and O–H groups in total. The number of benzene rings is 3. The van der Waals surface area contributed by atoms with E-state index in [1.165, 1.54) is 0 Å². The van der Waals surface area contributed by atoms with Gasteiger partial charge in [0.05, 0.1) is 7.11 Å². The predicted molar refractivity (Wildman–Crippen MR) is 114 cm³/mol. The number of anilines is 2. The summed E-state index contributed by atoms with van der Waals surface area (Å²) in [6.07, 6.45) is 0. The first-order chi connectivity index (χ1) is 13.6. The number of carbonyl (C=O) groups is 1. The molecule has 4 rings (SSSR count). The molecule has 0 saturated carbocycles. The van der Waals surface area contributed by atoms with Crippen LogP contribution in [0.15, 0.2) is 72.8 Å². The van der Waals surface area contributed by atoms with Crippen molar-refractivity contribution in [2.75, 3.05) is 17.7 Å². The Labute approximate surface area is 167 Å². The smallest absolute Gasteiger partial charge is 0.323 e. The zero-order valence-electron chi connectivity index (χ0n) is 15.1. The molecule has 0 aliphatic carbocycles. The number of fused-ring (bicyclic) bond motifs is 1. The van der Waals surface area contributed by atoms with Crippen molar-refractivity contribution in [3.05, 3.63) is 77.8 Å². The minimum absolute atomic E-state index is 0.318. The standard InChI is InChI=1S/C22H18ClN3O2/c1-28-19-4-2-3-18(13-19)25-22(27)24-17-8-5-14(6-9-17)21-12-15-11-16(23)7-10-20(15)26-21/h2-13,26H,1H3,(H2,24,25,27). The predicted octanol–water partition coefficient (Wildman–Crippen LogP) is 6.14. The SMILES string of the molecule is COc1cccc(NC(=O)Nc2ccc(-c3cc4cc(Cl)ccc4[nH]3)cc2)c1. The number of nitrogens with one attached hydrogen (secondary N) is 3. The lowest BCUT2D eigenvalue weighted by Crippen LogP contribution is -2.19. The average Bonchev–Trinajstić information content (AvgIpc) is 3.11. The number of aromatic amines is 1. The minimum atomic E-state index is -0.318. The molecule has 6 heteroatoms. The highest BCUT2D eigenvalue weighted by atomic mass is 35.5. The van der Waals surface area contributed by atoms with Gasteiger partial charge in [-0.15, -0.1) is 0 Å². The molecule has 0 fully saturated rings. The Morgan fingerprint density at radius 2 is 1.71 bits per heavy atom. The van der Waals surface area contributed by atoms with Crippen LogP contribution in [-0.4, -0.2) is 18.1 Å². The number of ether oxygens (including phenoxy) is 1. The van der Waals surface area contributed by atoms with Gasteiger partial charge in [0, 0.05) is 39.1 Å². The van der Waals surface area contributed by atoms with Crippen LogP contribution in [0.25, 0.3) is 22.2 Å². The largest absolute Gasteiger partial charge is 0.497 e. The van der Waals surface area contributed by atoms with Crippen LogP contribution in [0.2, 0.25) is 5.02 Å². The summed E-state index contributed by atoms with van der Waals surface area (Å²) in [6, 6.07) is 22.3. The summed E-state index contributed by atoms with van der Waals surface area (Å²) in [5, 5.41) is 7.37. The van der Waals surface area contributed by atoms with Crippen molar-refractivity contribution < 1.29 is 9.53 Å². The third-order valence-corrected chi connectivity index (χ3v) is 4.60. The third-order valence-electron chi connectivity index (χ3n) is 4.36. The highest BCUT2D eigenvalue weighted by Gasteiger charge is 2.06. The Morgan fingerprint density at radius 1 is 0.929 bits per heavy atom. The fourth-order valence-corrected chi connectivity index (χ4v) is 3.17. The van der Waals surface area contributed by atoms with Crippen molar-refractivity contribution >= 4 is 39.9 Å². The summed E-state index contributed by atoms with van der Waals surface area (Å²) < 4.78 is 5.16. The van der Waals surface area contributed by atoms with E-state index >= 15 is 0 Å². The molecule has 0 radical (unpaired) electrons. The van der Waals surface area contributed by atoms with Crippen molar-refractivity contribution in [3.8, 4) is 17.0 Å². The topological polar surface area (TPSA) is 66.2 Å². The summed E-state index contributed by atoms with van der Waals surface area (Å²) in [5.41, 5.74) is 4.39. The second kappa shape index (κ2) is 7.66. The summed E-state index contributed by atoms with van der Waals surface area (Å²) >= 11 is 6.05. The molecule has 3 aromatic carbocycles. The Morgan fingerprint density at radius 3 is 2.50 bits per heavy atom. The number of hydrogen-bond donors (Lipinski definition) is 3. The molecule has 1 heterocycles. The maximum atomic E-state index is 12.2. The number of carbonyl (C=O) groups excluding carboxylic acids is 1. The Bertz CT molecular complexity index is 1140. The van der Waals surface area contributed by atoms with E-state index in [2.05, 4.69) is 21.7 Å². The summed E-state index contributed by atoms with van der Waals surface area (Å²) in [4.78, 5) is 15.6. The van der Waals surface area contributed by atoms with E-state index in [0.29, 0.717) is 22.1 Å². The molecule has 4 aromatic rings. The number of H-pyrrole nitrogens is 1. The monoisotopic (exact) mass is 391 g/mol. The number of hydrogen-bond acceptors (Lipinski definition) is 2. The maximum absolute atomic E-state index is 12.2. The first-order valence-corrected chi connectivity index (χ1v) is 9.09. The number of aromatic nitrogens is 1. The number of halogens is 1. The van der Waals surface area contributed by atoms with Gasteiger partial charge in [0.15, 0.2) is 0 Å². The van der Waals surface area contributed by atoms with Gasteiger partial charge in [-0.05, 0) is 54.1 Å². The third kappa shape index (κ3) is 3.94. The Balaban J connectivity index is 1.45. The molecule has 0 spiro atoms. The van der Waals surface area contributed by atoms with Gasteiger partial charge >= 0.3 is 6.03 Å². The van der Waals surface area contributed by atoms with Crippen molar-refractivity contribution in [1.29, 1.82) is 0 Å². The number of rotatable bonds is 4. The zero-order valence-corrected chi connectivity index (χ0v) is 15.9. The molecule has 2 amide bonds. The summed E-state index contributed by atoms with van der Waals surface area (Å²) in [6.45, 7) is 0. The highest BCUT2D eigenvalue weighted by Crippen LogP contribution is 2.27. The fraction of sp³-hybridized carbons (Fsp3) is 0.0455. The van der Waals surface area contributed by atoms with Crippen molar-refractivity contribution in [1.82, 2.24) is 4.98 Å². The normalized spacial score (nSPS) is 10.6. The fourth-order valence-electron chi connectivity index (χ4n) is 2.99. The van der Waals surface area contributed by atoms with Gasteiger partial charge in [-0.3, -0.25) is 0 Å². The van der Waals surface area contributed by atoms with E-state index in [4.69, 9.17) is 16.3 Å². The van der Waals surface area contributed by atoms with Crippen LogP contribution in [0.4, 0.5) is 16.2 Å². The quantitative estimate of drug-likeness (QED) is 0.391. The Kier molecular flexibility index (Phi) is 4.91. The molecular formula is C22H18ClN3O2. The maximum Gasteiger partial charge on any atom is 0.323 e. The molecule has 0 aliphatic heterocycles. The van der Waals surface area contributed by atoms with Gasteiger partial charge in [0.1, 0.15) is 5.75 Å². The average molecular weight is 392 g/mol. The highest BCUT2D eigenvalue weighted by molar-refractivity contribution is 6.31. The molecule has 140 valence electrons. The molecular weight excluding hydrogens is 374 g/mol. The van der Waals surface area contributed by atoms with Crippen molar-refractivity contribution in [3.63, 3.8) is 0 Å². The number of amides is 2. The van der Waals surface area contributed by atoms with Gasteiger partial charge in [0.2, 0.25) is 0 Å². The molecule has 5 nitrogen and oxygen atoms in total. The van der Waals surface area contributed by atoms with E-state index < -0.39 is 0 Å². The van der Waals surface area contributed by atoms with Gasteiger partial charge in [-0.2, -0.15) is 0 Å². The first kappa shape index (κ1) is 17.9. The second-order valence-corrected chi connectivity index (χ2v) is 6.74. The molecule has 0 unspecified atom stereocenters. The number of methoxy groups -OCH3 is 1. The van der Waals surface area contributed by atoms with Crippen molar-refractivity contribution in [2.45, 2.75) is 0 Å². The molecule has 0 bridgehead atoms. The second-order valence-electron chi connectivity index (χ2n) is 6.30. The molecule has 1 aromatic heterocycles. The van der Waals surface area contributed by atoms with Gasteiger partial charge < -0.3 is 20.4 Å². The summed E-state index contributed by atoms with van der Waals surface area (Å²) in [5.74, 6) is 0.682. The van der Waals surface area contributed by atoms with Crippen LogP contribution < -0.4 is 15.4 Å². The number of urea groups is 1.